The lowest BCUT2D eigenvalue weighted by Gasteiger charge is -2.07. The molecule has 3 nitrogen and oxygen atoms in total. The SMILES string of the molecule is O=C(O)C1CS[C@H](c2cccs2)N1. The molecule has 0 radical (unpaired) electrons. The molecule has 1 unspecified atom stereocenters. The lowest BCUT2D eigenvalue weighted by Crippen LogP contribution is -2.33. The average Bonchev–Trinajstić information content (AvgIpc) is 2.75. The number of hydrogen-bond donors (Lipinski definition) is 2. The summed E-state index contributed by atoms with van der Waals surface area (Å²) in [5, 5.41) is 14.0. The maximum atomic E-state index is 10.6. The van der Waals surface area contributed by atoms with Crippen LogP contribution >= 0.6 is 23.1 Å². The summed E-state index contributed by atoms with van der Waals surface area (Å²) in [4.78, 5) is 11.8. The van der Waals surface area contributed by atoms with Crippen molar-refractivity contribution in [2.75, 3.05) is 5.75 Å². The molecular weight excluding hydrogens is 206 g/mol. The summed E-state index contributed by atoms with van der Waals surface area (Å²) < 4.78 is 0. The molecule has 70 valence electrons. The average molecular weight is 215 g/mol. The quantitative estimate of drug-likeness (QED) is 0.785. The standard InChI is InChI=1S/C8H9NO2S2/c10-8(11)5-4-13-7(9-5)6-2-1-3-12-6/h1-3,5,7,9H,4H2,(H,10,11)/t5?,7-/m1/s1. The summed E-state index contributed by atoms with van der Waals surface area (Å²) in [5.41, 5.74) is 0. The highest BCUT2D eigenvalue weighted by atomic mass is 32.2. The number of nitrogens with one attached hydrogen (secondary N) is 1. The molecule has 1 fully saturated rings. The second kappa shape index (κ2) is 3.69. The summed E-state index contributed by atoms with van der Waals surface area (Å²) in [6.07, 6.45) is 0. The van der Waals surface area contributed by atoms with Crippen LogP contribution in [0.15, 0.2) is 17.5 Å². The van der Waals surface area contributed by atoms with Crippen LogP contribution in [0.4, 0.5) is 0 Å². The molecule has 1 aromatic rings. The Kier molecular flexibility index (Phi) is 2.57. The number of carboxylic acids is 1. The number of thioether (sulfide) groups is 1. The van der Waals surface area contributed by atoms with Crippen LogP contribution in [0.2, 0.25) is 0 Å². The van der Waals surface area contributed by atoms with E-state index in [0.717, 1.165) is 0 Å². The fourth-order valence-corrected chi connectivity index (χ4v) is 3.38. The zero-order valence-corrected chi connectivity index (χ0v) is 8.40. The van der Waals surface area contributed by atoms with Gasteiger partial charge in [0.2, 0.25) is 0 Å². The van der Waals surface area contributed by atoms with E-state index in [1.54, 1.807) is 23.1 Å². The van der Waals surface area contributed by atoms with Gasteiger partial charge in [0, 0.05) is 10.6 Å². The smallest absolute Gasteiger partial charge is 0.321 e. The van der Waals surface area contributed by atoms with Gasteiger partial charge in [-0.3, -0.25) is 10.1 Å². The van der Waals surface area contributed by atoms with Crippen LogP contribution in [0, 0.1) is 0 Å². The van der Waals surface area contributed by atoms with Crippen LogP contribution in [-0.2, 0) is 4.79 Å². The zero-order chi connectivity index (χ0) is 9.26. The molecule has 0 saturated carbocycles. The normalized spacial score (nSPS) is 27.7. The van der Waals surface area contributed by atoms with E-state index in [2.05, 4.69) is 5.32 Å². The van der Waals surface area contributed by atoms with Crippen molar-refractivity contribution in [3.8, 4) is 0 Å². The van der Waals surface area contributed by atoms with Crippen LogP contribution in [-0.4, -0.2) is 22.9 Å². The van der Waals surface area contributed by atoms with Crippen LogP contribution < -0.4 is 5.32 Å². The predicted octanol–water partition coefficient (Wildman–Crippen LogP) is 1.54. The highest BCUT2D eigenvalue weighted by Gasteiger charge is 2.30. The Morgan fingerprint density at radius 3 is 3.08 bits per heavy atom. The van der Waals surface area contributed by atoms with Gasteiger partial charge in [0.1, 0.15) is 6.04 Å². The van der Waals surface area contributed by atoms with E-state index in [4.69, 9.17) is 5.11 Å². The number of hydrogen-bond acceptors (Lipinski definition) is 4. The first-order valence-corrected chi connectivity index (χ1v) is 5.84. The number of carbonyl (C=O) groups is 1. The monoisotopic (exact) mass is 215 g/mol. The van der Waals surface area contributed by atoms with Crippen molar-refractivity contribution in [1.82, 2.24) is 5.32 Å². The minimum absolute atomic E-state index is 0.168. The maximum Gasteiger partial charge on any atom is 0.321 e. The zero-order valence-electron chi connectivity index (χ0n) is 6.77. The molecule has 2 atom stereocenters. The Balaban J connectivity index is 2.03. The van der Waals surface area contributed by atoms with Crippen LogP contribution in [0.3, 0.4) is 0 Å². The highest BCUT2D eigenvalue weighted by molar-refractivity contribution is 7.99. The lowest BCUT2D eigenvalue weighted by molar-refractivity contribution is -0.138. The second-order valence-corrected chi connectivity index (χ2v) is 4.90. The Bertz CT molecular complexity index is 299. The Morgan fingerprint density at radius 2 is 2.54 bits per heavy atom. The topological polar surface area (TPSA) is 49.3 Å². The summed E-state index contributed by atoms with van der Waals surface area (Å²) in [6, 6.07) is 3.62. The van der Waals surface area contributed by atoms with Crippen LogP contribution in [0.25, 0.3) is 0 Å². The molecule has 0 spiro atoms. The third-order valence-electron chi connectivity index (χ3n) is 1.88. The Hall–Kier alpha value is -0.520. The van der Waals surface area contributed by atoms with Crippen molar-refractivity contribution in [2.24, 2.45) is 0 Å². The second-order valence-electron chi connectivity index (χ2n) is 2.79. The first kappa shape index (κ1) is 9.05. The highest BCUT2D eigenvalue weighted by Crippen LogP contribution is 2.34. The van der Waals surface area contributed by atoms with Gasteiger partial charge in [0.05, 0.1) is 5.37 Å². The minimum atomic E-state index is -0.758. The molecule has 1 aliphatic heterocycles. The van der Waals surface area contributed by atoms with Crippen molar-refractivity contribution in [3.63, 3.8) is 0 Å². The summed E-state index contributed by atoms with van der Waals surface area (Å²) in [7, 11) is 0. The van der Waals surface area contributed by atoms with E-state index in [-0.39, 0.29) is 5.37 Å². The van der Waals surface area contributed by atoms with E-state index in [1.807, 2.05) is 17.5 Å². The molecular formula is C8H9NO2S2. The van der Waals surface area contributed by atoms with Gasteiger partial charge in [-0.05, 0) is 11.4 Å². The molecule has 5 heteroatoms. The maximum absolute atomic E-state index is 10.6. The van der Waals surface area contributed by atoms with Gasteiger partial charge in [0.15, 0.2) is 0 Å². The number of carboxylic acid groups (broad SMARTS) is 1. The Labute approximate surface area is 84.2 Å². The summed E-state index contributed by atoms with van der Waals surface area (Å²) in [6.45, 7) is 0. The minimum Gasteiger partial charge on any atom is -0.480 e. The number of rotatable bonds is 2. The van der Waals surface area contributed by atoms with Gasteiger partial charge in [-0.15, -0.1) is 23.1 Å². The van der Waals surface area contributed by atoms with Gasteiger partial charge in [0.25, 0.3) is 0 Å². The molecule has 0 aromatic carbocycles. The molecule has 1 aromatic heterocycles. The molecule has 1 aliphatic rings. The lowest BCUT2D eigenvalue weighted by atomic mass is 10.3. The molecule has 2 N–H and O–H groups in total. The molecule has 0 bridgehead atoms. The summed E-state index contributed by atoms with van der Waals surface area (Å²) in [5.74, 6) is -0.107. The third-order valence-corrected chi connectivity index (χ3v) is 4.22. The van der Waals surface area contributed by atoms with Crippen molar-refractivity contribution in [3.05, 3.63) is 22.4 Å². The molecule has 0 aliphatic carbocycles. The fourth-order valence-electron chi connectivity index (χ4n) is 1.22. The Morgan fingerprint density at radius 1 is 1.69 bits per heavy atom. The molecule has 0 amide bonds. The van der Waals surface area contributed by atoms with E-state index in [0.29, 0.717) is 5.75 Å². The van der Waals surface area contributed by atoms with Crippen molar-refractivity contribution >= 4 is 29.1 Å². The van der Waals surface area contributed by atoms with E-state index in [9.17, 15) is 4.79 Å². The third kappa shape index (κ3) is 1.87. The van der Waals surface area contributed by atoms with Gasteiger partial charge in [-0.25, -0.2) is 0 Å². The van der Waals surface area contributed by atoms with E-state index < -0.39 is 12.0 Å². The first-order chi connectivity index (χ1) is 6.27. The molecule has 2 heterocycles. The van der Waals surface area contributed by atoms with Gasteiger partial charge in [-0.1, -0.05) is 6.07 Å². The van der Waals surface area contributed by atoms with Gasteiger partial charge < -0.3 is 5.11 Å². The van der Waals surface area contributed by atoms with Crippen molar-refractivity contribution < 1.29 is 9.90 Å². The largest absolute Gasteiger partial charge is 0.480 e. The van der Waals surface area contributed by atoms with E-state index >= 15 is 0 Å². The first-order valence-electron chi connectivity index (χ1n) is 3.91. The molecule has 2 rings (SSSR count). The van der Waals surface area contributed by atoms with Crippen LogP contribution in [0.1, 0.15) is 10.3 Å². The van der Waals surface area contributed by atoms with Gasteiger partial charge >= 0.3 is 5.97 Å². The van der Waals surface area contributed by atoms with Crippen molar-refractivity contribution in [1.29, 1.82) is 0 Å². The van der Waals surface area contributed by atoms with Crippen LogP contribution in [0.5, 0.6) is 0 Å². The van der Waals surface area contributed by atoms with Crippen molar-refractivity contribution in [2.45, 2.75) is 11.4 Å². The van der Waals surface area contributed by atoms with Gasteiger partial charge in [-0.2, -0.15) is 0 Å². The fraction of sp³-hybridized carbons (Fsp3) is 0.375. The molecule has 13 heavy (non-hydrogen) atoms. The summed E-state index contributed by atoms with van der Waals surface area (Å²) >= 11 is 3.31. The predicted molar refractivity (Wildman–Crippen MR) is 54.1 cm³/mol. The number of aliphatic carboxylic acids is 1. The number of thiophene rings is 1. The molecule has 1 saturated heterocycles. The van der Waals surface area contributed by atoms with E-state index in [1.165, 1.54) is 4.88 Å².